The van der Waals surface area contributed by atoms with Crippen LogP contribution in [0.3, 0.4) is 0 Å². The minimum atomic E-state index is 0.108. The summed E-state index contributed by atoms with van der Waals surface area (Å²) in [5.74, 6) is 0. The van der Waals surface area contributed by atoms with Crippen LogP contribution in [-0.4, -0.2) is 4.98 Å². The molecule has 0 saturated carbocycles. The maximum absolute atomic E-state index is 6.10. The molecule has 0 radical (unpaired) electrons. The zero-order valence-corrected chi connectivity index (χ0v) is 9.20. The third-order valence-corrected chi connectivity index (χ3v) is 2.72. The Labute approximate surface area is 90.1 Å². The number of para-hydroxylation sites is 1. The Morgan fingerprint density at radius 2 is 2.07 bits per heavy atom. The molecule has 15 heavy (non-hydrogen) atoms. The van der Waals surface area contributed by atoms with E-state index < -0.39 is 0 Å². The van der Waals surface area contributed by atoms with E-state index in [0.717, 1.165) is 17.6 Å². The van der Waals surface area contributed by atoms with Crippen LogP contribution in [0.1, 0.15) is 30.6 Å². The number of pyridine rings is 1. The van der Waals surface area contributed by atoms with Crippen LogP contribution >= 0.6 is 0 Å². The van der Waals surface area contributed by atoms with Gasteiger partial charge in [-0.05, 0) is 31.0 Å². The molecule has 1 heterocycles. The zero-order valence-electron chi connectivity index (χ0n) is 9.20. The van der Waals surface area contributed by atoms with Crippen molar-refractivity contribution in [1.29, 1.82) is 0 Å². The maximum atomic E-state index is 6.10. The second-order valence-electron chi connectivity index (χ2n) is 3.88. The van der Waals surface area contributed by atoms with Gasteiger partial charge in [-0.3, -0.25) is 4.98 Å². The standard InChI is InChI=1S/C13H16N2/c1-3-12(14)11-8-9(2)15-13-7-5-4-6-10(11)13/h4-8,12H,3,14H2,1-2H3. The fourth-order valence-corrected chi connectivity index (χ4v) is 1.87. The Morgan fingerprint density at radius 1 is 1.33 bits per heavy atom. The molecule has 0 spiro atoms. The predicted octanol–water partition coefficient (Wildman–Crippen LogP) is 2.95. The number of nitrogens with two attached hydrogens (primary N) is 1. The second kappa shape index (κ2) is 3.99. The molecular formula is C13H16N2. The molecule has 78 valence electrons. The number of fused-ring (bicyclic) bond motifs is 1. The van der Waals surface area contributed by atoms with Gasteiger partial charge in [-0.25, -0.2) is 0 Å². The summed E-state index contributed by atoms with van der Waals surface area (Å²) in [5.41, 5.74) is 9.38. The Bertz CT molecular complexity index is 477. The minimum Gasteiger partial charge on any atom is -0.324 e. The number of hydrogen-bond donors (Lipinski definition) is 1. The largest absolute Gasteiger partial charge is 0.324 e. The normalized spacial score (nSPS) is 13.0. The first kappa shape index (κ1) is 10.1. The van der Waals surface area contributed by atoms with E-state index in [1.165, 1.54) is 10.9 Å². The molecule has 2 aromatic rings. The SMILES string of the molecule is CCC(N)c1cc(C)nc2ccccc12. The summed E-state index contributed by atoms with van der Waals surface area (Å²) in [5, 5.41) is 1.18. The number of rotatable bonds is 2. The Kier molecular flexibility index (Phi) is 2.69. The Morgan fingerprint density at radius 3 is 2.80 bits per heavy atom. The lowest BCUT2D eigenvalue weighted by molar-refractivity contribution is 0.703. The summed E-state index contributed by atoms with van der Waals surface area (Å²) in [6, 6.07) is 10.4. The molecule has 1 aromatic heterocycles. The monoisotopic (exact) mass is 200 g/mol. The first-order chi connectivity index (χ1) is 7.22. The van der Waals surface area contributed by atoms with Crippen LogP contribution < -0.4 is 5.73 Å². The van der Waals surface area contributed by atoms with Gasteiger partial charge in [0.15, 0.2) is 0 Å². The summed E-state index contributed by atoms with van der Waals surface area (Å²) >= 11 is 0. The van der Waals surface area contributed by atoms with Crippen molar-refractivity contribution < 1.29 is 0 Å². The van der Waals surface area contributed by atoms with Gasteiger partial charge in [0.1, 0.15) is 0 Å². The highest BCUT2D eigenvalue weighted by Crippen LogP contribution is 2.24. The van der Waals surface area contributed by atoms with E-state index in [9.17, 15) is 0 Å². The van der Waals surface area contributed by atoms with Gasteiger partial charge in [0.05, 0.1) is 5.52 Å². The smallest absolute Gasteiger partial charge is 0.0708 e. The van der Waals surface area contributed by atoms with E-state index in [2.05, 4.69) is 24.0 Å². The van der Waals surface area contributed by atoms with Gasteiger partial charge in [0, 0.05) is 17.1 Å². The van der Waals surface area contributed by atoms with E-state index in [-0.39, 0.29) is 6.04 Å². The van der Waals surface area contributed by atoms with Crippen LogP contribution in [0.2, 0.25) is 0 Å². The number of hydrogen-bond acceptors (Lipinski definition) is 2. The van der Waals surface area contributed by atoms with Gasteiger partial charge in [-0.1, -0.05) is 25.1 Å². The molecule has 0 aliphatic carbocycles. The van der Waals surface area contributed by atoms with E-state index in [1.807, 2.05) is 25.1 Å². The fourth-order valence-electron chi connectivity index (χ4n) is 1.87. The average molecular weight is 200 g/mol. The molecule has 0 aliphatic heterocycles. The molecule has 2 rings (SSSR count). The van der Waals surface area contributed by atoms with Crippen molar-refractivity contribution >= 4 is 10.9 Å². The van der Waals surface area contributed by atoms with Crippen LogP contribution in [0.25, 0.3) is 10.9 Å². The highest BCUT2D eigenvalue weighted by Gasteiger charge is 2.09. The van der Waals surface area contributed by atoms with E-state index in [1.54, 1.807) is 0 Å². The van der Waals surface area contributed by atoms with E-state index in [0.29, 0.717) is 0 Å². The van der Waals surface area contributed by atoms with Crippen molar-refractivity contribution in [1.82, 2.24) is 4.98 Å². The highest BCUT2D eigenvalue weighted by atomic mass is 14.7. The zero-order chi connectivity index (χ0) is 10.8. The first-order valence-corrected chi connectivity index (χ1v) is 5.34. The number of benzene rings is 1. The molecule has 0 bridgehead atoms. The molecule has 0 aliphatic rings. The summed E-state index contributed by atoms with van der Waals surface area (Å²) in [7, 11) is 0. The van der Waals surface area contributed by atoms with Crippen LogP contribution in [-0.2, 0) is 0 Å². The molecule has 2 N–H and O–H groups in total. The molecule has 1 unspecified atom stereocenters. The molecule has 1 aromatic carbocycles. The molecule has 0 fully saturated rings. The Hall–Kier alpha value is -1.41. The van der Waals surface area contributed by atoms with Crippen molar-refractivity contribution in [3.8, 4) is 0 Å². The van der Waals surface area contributed by atoms with Crippen LogP contribution in [0.5, 0.6) is 0 Å². The predicted molar refractivity (Wildman–Crippen MR) is 63.7 cm³/mol. The summed E-state index contributed by atoms with van der Waals surface area (Å²) in [6.07, 6.45) is 0.952. The molecular weight excluding hydrogens is 184 g/mol. The molecule has 1 atom stereocenters. The number of aryl methyl sites for hydroxylation is 1. The second-order valence-corrected chi connectivity index (χ2v) is 3.88. The van der Waals surface area contributed by atoms with Gasteiger partial charge in [-0.2, -0.15) is 0 Å². The van der Waals surface area contributed by atoms with Gasteiger partial charge in [0.25, 0.3) is 0 Å². The van der Waals surface area contributed by atoms with Crippen LogP contribution in [0.15, 0.2) is 30.3 Å². The van der Waals surface area contributed by atoms with E-state index in [4.69, 9.17) is 5.73 Å². The van der Waals surface area contributed by atoms with Crippen molar-refractivity contribution in [2.24, 2.45) is 5.73 Å². The van der Waals surface area contributed by atoms with Crippen LogP contribution in [0, 0.1) is 6.92 Å². The van der Waals surface area contributed by atoms with Crippen LogP contribution in [0.4, 0.5) is 0 Å². The lowest BCUT2D eigenvalue weighted by atomic mass is 10.00. The number of nitrogens with zero attached hydrogens (tertiary/aromatic N) is 1. The maximum Gasteiger partial charge on any atom is 0.0708 e. The first-order valence-electron chi connectivity index (χ1n) is 5.34. The summed E-state index contributed by atoms with van der Waals surface area (Å²) in [6.45, 7) is 4.12. The Balaban J connectivity index is 2.71. The van der Waals surface area contributed by atoms with Gasteiger partial charge in [0.2, 0.25) is 0 Å². The van der Waals surface area contributed by atoms with Crippen molar-refractivity contribution in [3.63, 3.8) is 0 Å². The van der Waals surface area contributed by atoms with Crippen molar-refractivity contribution in [3.05, 3.63) is 41.6 Å². The molecule has 0 saturated heterocycles. The average Bonchev–Trinajstić information content (AvgIpc) is 2.26. The topological polar surface area (TPSA) is 38.9 Å². The highest BCUT2D eigenvalue weighted by molar-refractivity contribution is 5.82. The molecule has 0 amide bonds. The third kappa shape index (κ3) is 1.85. The lowest BCUT2D eigenvalue weighted by Gasteiger charge is -2.13. The quantitative estimate of drug-likeness (QED) is 0.809. The molecule has 2 nitrogen and oxygen atoms in total. The minimum absolute atomic E-state index is 0.108. The van der Waals surface area contributed by atoms with Gasteiger partial charge < -0.3 is 5.73 Å². The fraction of sp³-hybridized carbons (Fsp3) is 0.308. The number of aromatic nitrogens is 1. The lowest BCUT2D eigenvalue weighted by Crippen LogP contribution is -2.10. The molecule has 2 heteroatoms. The van der Waals surface area contributed by atoms with Crippen molar-refractivity contribution in [2.75, 3.05) is 0 Å². The third-order valence-electron chi connectivity index (χ3n) is 2.72. The van der Waals surface area contributed by atoms with Gasteiger partial charge in [-0.15, -0.1) is 0 Å². The van der Waals surface area contributed by atoms with Gasteiger partial charge >= 0.3 is 0 Å². The van der Waals surface area contributed by atoms with E-state index >= 15 is 0 Å². The summed E-state index contributed by atoms with van der Waals surface area (Å²) < 4.78 is 0. The summed E-state index contributed by atoms with van der Waals surface area (Å²) in [4.78, 5) is 4.50. The van der Waals surface area contributed by atoms with Crippen molar-refractivity contribution in [2.45, 2.75) is 26.3 Å².